The third-order valence-electron chi connectivity index (χ3n) is 5.04. The van der Waals surface area contributed by atoms with Crippen LogP contribution >= 0.6 is 0 Å². The van der Waals surface area contributed by atoms with E-state index in [0.717, 1.165) is 11.8 Å². The maximum atomic E-state index is 13.7. The summed E-state index contributed by atoms with van der Waals surface area (Å²) in [5, 5.41) is 3.29. The number of halogens is 2. The van der Waals surface area contributed by atoms with Crippen molar-refractivity contribution in [3.8, 4) is 0 Å². The van der Waals surface area contributed by atoms with Crippen LogP contribution in [-0.4, -0.2) is 13.1 Å². The van der Waals surface area contributed by atoms with Gasteiger partial charge in [-0.2, -0.15) is 0 Å². The Hall–Kier alpha value is -0.960. The summed E-state index contributed by atoms with van der Waals surface area (Å²) in [5.74, 6) is 1.38. The molecule has 0 heterocycles. The van der Waals surface area contributed by atoms with E-state index in [9.17, 15) is 8.78 Å². The SMILES string of the molecule is CNC(Cc1c(F)cccc1F)C1C2CCCCC21. The molecule has 0 aliphatic heterocycles. The normalized spacial score (nSPS) is 30.8. The maximum absolute atomic E-state index is 13.7. The fraction of sp³-hybridized carbons (Fsp3) is 0.625. The molecule has 0 saturated heterocycles. The Bertz CT molecular complexity index is 428. The molecule has 1 N–H and O–H groups in total. The first-order valence-electron chi connectivity index (χ1n) is 7.32. The van der Waals surface area contributed by atoms with Gasteiger partial charge in [0, 0.05) is 11.6 Å². The average molecular weight is 265 g/mol. The second-order valence-electron chi connectivity index (χ2n) is 5.99. The Morgan fingerprint density at radius 2 is 1.74 bits per heavy atom. The average Bonchev–Trinajstić information content (AvgIpc) is 3.13. The molecule has 0 bridgehead atoms. The second kappa shape index (κ2) is 5.20. The highest BCUT2D eigenvalue weighted by Gasteiger charge is 2.53. The summed E-state index contributed by atoms with van der Waals surface area (Å²) < 4.78 is 27.5. The van der Waals surface area contributed by atoms with Gasteiger partial charge >= 0.3 is 0 Å². The van der Waals surface area contributed by atoms with Crippen molar-refractivity contribution in [2.75, 3.05) is 7.05 Å². The first kappa shape index (κ1) is 13.0. The van der Waals surface area contributed by atoms with Gasteiger partial charge in [0.2, 0.25) is 0 Å². The predicted molar refractivity (Wildman–Crippen MR) is 71.8 cm³/mol. The van der Waals surface area contributed by atoms with Crippen LogP contribution in [0.25, 0.3) is 0 Å². The van der Waals surface area contributed by atoms with Gasteiger partial charge in [0.15, 0.2) is 0 Å². The van der Waals surface area contributed by atoms with Crippen molar-refractivity contribution >= 4 is 0 Å². The number of fused-ring (bicyclic) bond motifs is 1. The Balaban J connectivity index is 1.74. The summed E-state index contributed by atoms with van der Waals surface area (Å²) in [6.45, 7) is 0. The number of hydrogen-bond donors (Lipinski definition) is 1. The summed E-state index contributed by atoms with van der Waals surface area (Å²) in [4.78, 5) is 0. The lowest BCUT2D eigenvalue weighted by atomic mass is 9.99. The van der Waals surface area contributed by atoms with Crippen LogP contribution in [0.2, 0.25) is 0 Å². The largest absolute Gasteiger partial charge is 0.316 e. The molecule has 3 unspecified atom stereocenters. The molecule has 2 fully saturated rings. The zero-order valence-electron chi connectivity index (χ0n) is 11.3. The lowest BCUT2D eigenvalue weighted by Crippen LogP contribution is -2.31. The lowest BCUT2D eigenvalue weighted by Gasteiger charge is -2.17. The first-order valence-corrected chi connectivity index (χ1v) is 7.32. The molecule has 2 aliphatic rings. The van der Waals surface area contributed by atoms with Gasteiger partial charge in [-0.25, -0.2) is 8.78 Å². The van der Waals surface area contributed by atoms with Gasteiger partial charge in [0.25, 0.3) is 0 Å². The van der Waals surface area contributed by atoms with Gasteiger partial charge in [0.05, 0.1) is 0 Å². The van der Waals surface area contributed by atoms with Crippen molar-refractivity contribution in [3.63, 3.8) is 0 Å². The zero-order valence-corrected chi connectivity index (χ0v) is 11.3. The van der Waals surface area contributed by atoms with Crippen LogP contribution in [0, 0.1) is 29.4 Å². The maximum Gasteiger partial charge on any atom is 0.129 e. The smallest absolute Gasteiger partial charge is 0.129 e. The van der Waals surface area contributed by atoms with E-state index >= 15 is 0 Å². The fourth-order valence-electron chi connectivity index (χ4n) is 4.02. The summed E-state index contributed by atoms with van der Waals surface area (Å²) in [7, 11) is 1.91. The quantitative estimate of drug-likeness (QED) is 0.878. The van der Waals surface area contributed by atoms with E-state index in [1.54, 1.807) is 0 Å². The van der Waals surface area contributed by atoms with Crippen molar-refractivity contribution in [3.05, 3.63) is 35.4 Å². The third kappa shape index (κ3) is 2.40. The highest BCUT2D eigenvalue weighted by molar-refractivity contribution is 5.22. The molecule has 3 heteroatoms. The Morgan fingerprint density at radius 3 is 2.26 bits per heavy atom. The fourth-order valence-corrected chi connectivity index (χ4v) is 4.02. The predicted octanol–water partition coefficient (Wildman–Crippen LogP) is 3.53. The third-order valence-corrected chi connectivity index (χ3v) is 5.04. The van der Waals surface area contributed by atoms with Crippen LogP contribution in [0.1, 0.15) is 31.2 Å². The minimum Gasteiger partial charge on any atom is -0.316 e. The highest BCUT2D eigenvalue weighted by atomic mass is 19.1. The number of rotatable bonds is 4. The lowest BCUT2D eigenvalue weighted by molar-refractivity contribution is 0.439. The number of likely N-dealkylation sites (N-methyl/N-ethyl adjacent to an activating group) is 1. The topological polar surface area (TPSA) is 12.0 Å². The van der Waals surface area contributed by atoms with E-state index in [2.05, 4.69) is 5.32 Å². The van der Waals surface area contributed by atoms with Crippen molar-refractivity contribution < 1.29 is 8.78 Å². The van der Waals surface area contributed by atoms with Crippen molar-refractivity contribution in [2.45, 2.75) is 38.1 Å². The molecule has 0 radical (unpaired) electrons. The summed E-state index contributed by atoms with van der Waals surface area (Å²) in [6.07, 6.45) is 5.71. The first-order chi connectivity index (χ1) is 9.22. The van der Waals surface area contributed by atoms with Crippen LogP contribution in [0.4, 0.5) is 8.78 Å². The summed E-state index contributed by atoms with van der Waals surface area (Å²) in [6, 6.07) is 4.34. The van der Waals surface area contributed by atoms with Crippen molar-refractivity contribution in [2.24, 2.45) is 17.8 Å². The minimum absolute atomic E-state index is 0.208. The molecule has 1 aromatic rings. The Morgan fingerprint density at radius 1 is 1.16 bits per heavy atom. The van der Waals surface area contributed by atoms with Gasteiger partial charge < -0.3 is 5.32 Å². The molecule has 104 valence electrons. The zero-order chi connectivity index (χ0) is 13.4. The van der Waals surface area contributed by atoms with E-state index in [-0.39, 0.29) is 11.6 Å². The van der Waals surface area contributed by atoms with E-state index in [1.807, 2.05) is 7.05 Å². The monoisotopic (exact) mass is 265 g/mol. The van der Waals surface area contributed by atoms with Gasteiger partial charge in [-0.3, -0.25) is 0 Å². The second-order valence-corrected chi connectivity index (χ2v) is 5.99. The van der Waals surface area contributed by atoms with E-state index < -0.39 is 11.6 Å². The van der Waals surface area contributed by atoms with E-state index in [0.29, 0.717) is 12.3 Å². The van der Waals surface area contributed by atoms with E-state index in [4.69, 9.17) is 0 Å². The molecule has 0 spiro atoms. The molecule has 19 heavy (non-hydrogen) atoms. The number of benzene rings is 1. The van der Waals surface area contributed by atoms with Crippen LogP contribution in [0.15, 0.2) is 18.2 Å². The van der Waals surface area contributed by atoms with Crippen LogP contribution in [-0.2, 0) is 6.42 Å². The van der Waals surface area contributed by atoms with Gasteiger partial charge in [-0.05, 0) is 56.2 Å². The van der Waals surface area contributed by atoms with Crippen LogP contribution in [0.3, 0.4) is 0 Å². The van der Waals surface area contributed by atoms with Gasteiger partial charge in [-0.1, -0.05) is 18.9 Å². The summed E-state index contributed by atoms with van der Waals surface area (Å²) >= 11 is 0. The van der Waals surface area contributed by atoms with Gasteiger partial charge in [-0.15, -0.1) is 0 Å². The standard InChI is InChI=1S/C16H21F2N/c1-19-15(16-10-5-2-3-6-11(10)16)9-12-13(17)7-4-8-14(12)18/h4,7-8,10-11,15-16,19H,2-3,5-6,9H2,1H3. The Labute approximate surface area is 113 Å². The number of hydrogen-bond acceptors (Lipinski definition) is 1. The molecular formula is C16H21F2N. The molecule has 3 atom stereocenters. The highest BCUT2D eigenvalue weighted by Crippen LogP contribution is 2.57. The van der Waals surface area contributed by atoms with Crippen LogP contribution in [0.5, 0.6) is 0 Å². The molecule has 1 aromatic carbocycles. The molecule has 2 saturated carbocycles. The van der Waals surface area contributed by atoms with Crippen LogP contribution < -0.4 is 5.32 Å². The Kier molecular flexibility index (Phi) is 3.57. The van der Waals surface area contributed by atoms with Crippen molar-refractivity contribution in [1.82, 2.24) is 5.32 Å². The molecule has 0 amide bonds. The van der Waals surface area contributed by atoms with E-state index in [1.165, 1.54) is 43.9 Å². The van der Waals surface area contributed by atoms with Gasteiger partial charge in [0.1, 0.15) is 11.6 Å². The summed E-state index contributed by atoms with van der Waals surface area (Å²) in [5.41, 5.74) is 0.241. The molecule has 3 rings (SSSR count). The molecular weight excluding hydrogens is 244 g/mol. The molecule has 0 aromatic heterocycles. The van der Waals surface area contributed by atoms with Crippen molar-refractivity contribution in [1.29, 1.82) is 0 Å². The molecule has 2 aliphatic carbocycles. The molecule has 1 nitrogen and oxygen atoms in total. The minimum atomic E-state index is -0.413. The number of nitrogens with one attached hydrogen (secondary N) is 1.